The first-order valence-corrected chi connectivity index (χ1v) is 11.2. The summed E-state index contributed by atoms with van der Waals surface area (Å²) in [7, 11) is 1.63. The average molecular weight is 443 g/mol. The van der Waals surface area contributed by atoms with Crippen molar-refractivity contribution < 1.29 is 9.47 Å². The summed E-state index contributed by atoms with van der Waals surface area (Å²) >= 11 is 1.63. The molecule has 0 unspecified atom stereocenters. The van der Waals surface area contributed by atoms with Crippen LogP contribution < -0.4 is 14.8 Å². The van der Waals surface area contributed by atoms with E-state index in [-0.39, 0.29) is 0 Å². The number of benzene rings is 3. The number of aromatic nitrogens is 3. The Kier molecular flexibility index (Phi) is 5.56. The molecule has 5 aromatic rings. The van der Waals surface area contributed by atoms with Crippen LogP contribution in [0, 0.1) is 0 Å². The van der Waals surface area contributed by atoms with E-state index in [9.17, 15) is 0 Å². The lowest BCUT2D eigenvalue weighted by Crippen LogP contribution is -2.01. The number of thiazole rings is 1. The summed E-state index contributed by atoms with van der Waals surface area (Å²) in [4.78, 5) is 13.6. The fourth-order valence-electron chi connectivity index (χ4n) is 3.64. The second-order valence-corrected chi connectivity index (χ2v) is 8.36. The third kappa shape index (κ3) is 3.94. The lowest BCUT2D eigenvalue weighted by molar-refractivity contribution is 0.285. The van der Waals surface area contributed by atoms with Crippen molar-refractivity contribution in [3.63, 3.8) is 0 Å². The van der Waals surface area contributed by atoms with Crippen molar-refractivity contribution in [2.45, 2.75) is 20.0 Å². The molecule has 1 N–H and O–H groups in total. The lowest BCUT2D eigenvalue weighted by Gasteiger charge is -2.14. The summed E-state index contributed by atoms with van der Waals surface area (Å²) in [6, 6.07) is 20.1. The van der Waals surface area contributed by atoms with E-state index in [1.807, 2.05) is 42.5 Å². The van der Waals surface area contributed by atoms with Crippen LogP contribution in [0.5, 0.6) is 11.5 Å². The summed E-state index contributed by atoms with van der Waals surface area (Å²) in [5.41, 5.74) is 4.01. The summed E-state index contributed by atoms with van der Waals surface area (Å²) in [5, 5.41) is 5.23. The summed E-state index contributed by atoms with van der Waals surface area (Å²) < 4.78 is 12.9. The topological polar surface area (TPSA) is 69.2 Å². The molecule has 160 valence electrons. The van der Waals surface area contributed by atoms with Gasteiger partial charge in [-0.15, -0.1) is 11.3 Å². The molecule has 0 saturated heterocycles. The Morgan fingerprint density at radius 2 is 1.78 bits per heavy atom. The number of anilines is 2. The van der Waals surface area contributed by atoms with Gasteiger partial charge in [0.1, 0.15) is 23.8 Å². The zero-order valence-corrected chi connectivity index (χ0v) is 18.6. The minimum atomic E-state index is 0.357. The fourth-order valence-corrected chi connectivity index (χ4v) is 4.52. The first-order valence-electron chi connectivity index (χ1n) is 10.4. The van der Waals surface area contributed by atoms with Crippen molar-refractivity contribution in [1.29, 1.82) is 0 Å². The molecule has 0 radical (unpaired) electrons. The number of hydrogen-bond acceptors (Lipinski definition) is 7. The number of aryl methyl sites for hydroxylation is 1. The first kappa shape index (κ1) is 20.2. The third-order valence-electron chi connectivity index (χ3n) is 5.26. The Morgan fingerprint density at radius 1 is 0.938 bits per heavy atom. The van der Waals surface area contributed by atoms with Crippen LogP contribution in [-0.2, 0) is 13.0 Å². The molecule has 0 atom stereocenters. The highest BCUT2D eigenvalue weighted by Crippen LogP contribution is 2.36. The molecular formula is C25H22N4O2S. The molecule has 7 heteroatoms. The van der Waals surface area contributed by atoms with Crippen molar-refractivity contribution in [2.24, 2.45) is 0 Å². The first-order chi connectivity index (χ1) is 15.7. The average Bonchev–Trinajstić information content (AvgIpc) is 3.26. The van der Waals surface area contributed by atoms with Crippen LogP contribution in [0.1, 0.15) is 17.5 Å². The van der Waals surface area contributed by atoms with Gasteiger partial charge in [0.2, 0.25) is 0 Å². The molecule has 0 aliphatic carbocycles. The molecule has 0 saturated carbocycles. The van der Waals surface area contributed by atoms with Gasteiger partial charge in [-0.25, -0.2) is 15.0 Å². The van der Waals surface area contributed by atoms with Gasteiger partial charge >= 0.3 is 0 Å². The normalized spacial score (nSPS) is 11.1. The van der Waals surface area contributed by atoms with Crippen LogP contribution in [0.3, 0.4) is 0 Å². The van der Waals surface area contributed by atoms with E-state index >= 15 is 0 Å². The van der Waals surface area contributed by atoms with Crippen molar-refractivity contribution >= 4 is 44.0 Å². The maximum atomic E-state index is 6.14. The Morgan fingerprint density at radius 3 is 2.62 bits per heavy atom. The molecule has 0 amide bonds. The second-order valence-electron chi connectivity index (χ2n) is 7.24. The van der Waals surface area contributed by atoms with Gasteiger partial charge in [-0.2, -0.15) is 0 Å². The molecule has 32 heavy (non-hydrogen) atoms. The molecule has 6 nitrogen and oxygen atoms in total. The maximum Gasteiger partial charge on any atom is 0.162 e. The highest BCUT2D eigenvalue weighted by Gasteiger charge is 2.14. The van der Waals surface area contributed by atoms with Crippen LogP contribution in [0.15, 0.2) is 67.0 Å². The Bertz CT molecular complexity index is 1370. The van der Waals surface area contributed by atoms with Crippen molar-refractivity contribution in [1.82, 2.24) is 15.0 Å². The molecule has 3 aromatic carbocycles. The monoisotopic (exact) mass is 442 g/mol. The molecule has 0 fully saturated rings. The second kappa shape index (κ2) is 8.80. The van der Waals surface area contributed by atoms with E-state index in [0.717, 1.165) is 44.1 Å². The standard InChI is InChI=1S/C25H22N4O2S/c1-3-16-8-4-5-9-18(16)29-25-17-12-22(21(30-2)13-20(17)26-15-27-25)31-14-24-28-19-10-6-7-11-23(19)32-24/h4-13,15H,3,14H2,1-2H3,(H,26,27,29). The summed E-state index contributed by atoms with van der Waals surface area (Å²) in [6.07, 6.45) is 2.48. The molecule has 2 aromatic heterocycles. The minimum Gasteiger partial charge on any atom is -0.493 e. The Balaban J connectivity index is 1.48. The smallest absolute Gasteiger partial charge is 0.162 e. The number of nitrogens with one attached hydrogen (secondary N) is 1. The molecule has 5 rings (SSSR count). The molecule has 0 aliphatic rings. The quantitative estimate of drug-likeness (QED) is 0.327. The highest BCUT2D eigenvalue weighted by atomic mass is 32.1. The predicted molar refractivity (Wildman–Crippen MR) is 129 cm³/mol. The number of methoxy groups -OCH3 is 1. The van der Waals surface area contributed by atoms with Crippen LogP contribution >= 0.6 is 11.3 Å². The molecule has 0 bridgehead atoms. The number of fused-ring (bicyclic) bond motifs is 2. The van der Waals surface area contributed by atoms with E-state index in [1.54, 1.807) is 24.8 Å². The van der Waals surface area contributed by atoms with Gasteiger partial charge in [0, 0.05) is 17.1 Å². The summed E-state index contributed by atoms with van der Waals surface area (Å²) in [5.74, 6) is 1.97. The van der Waals surface area contributed by atoms with Gasteiger partial charge in [0.05, 0.1) is 22.8 Å². The zero-order chi connectivity index (χ0) is 21.9. The number of hydrogen-bond donors (Lipinski definition) is 1. The molecule has 0 aliphatic heterocycles. The van der Waals surface area contributed by atoms with Crippen LogP contribution in [-0.4, -0.2) is 22.1 Å². The zero-order valence-electron chi connectivity index (χ0n) is 17.8. The van der Waals surface area contributed by atoms with Gasteiger partial charge in [-0.05, 0) is 36.2 Å². The van der Waals surface area contributed by atoms with E-state index in [0.29, 0.717) is 18.1 Å². The van der Waals surface area contributed by atoms with Crippen LogP contribution in [0.4, 0.5) is 11.5 Å². The van der Waals surface area contributed by atoms with Crippen molar-refractivity contribution in [2.75, 3.05) is 12.4 Å². The lowest BCUT2D eigenvalue weighted by atomic mass is 10.1. The minimum absolute atomic E-state index is 0.357. The van der Waals surface area contributed by atoms with Gasteiger partial charge < -0.3 is 14.8 Å². The molecular weight excluding hydrogens is 420 g/mol. The summed E-state index contributed by atoms with van der Waals surface area (Å²) in [6.45, 7) is 2.49. The Hall–Kier alpha value is -3.71. The molecule has 2 heterocycles. The van der Waals surface area contributed by atoms with E-state index in [4.69, 9.17) is 9.47 Å². The fraction of sp³-hybridized carbons (Fsp3) is 0.160. The molecule has 0 spiro atoms. The predicted octanol–water partition coefficient (Wildman–Crippen LogP) is 6.13. The van der Waals surface area contributed by atoms with Gasteiger partial charge in [-0.3, -0.25) is 0 Å². The highest BCUT2D eigenvalue weighted by molar-refractivity contribution is 7.18. The van der Waals surface area contributed by atoms with E-state index in [1.165, 1.54) is 5.56 Å². The van der Waals surface area contributed by atoms with Gasteiger partial charge in [0.25, 0.3) is 0 Å². The van der Waals surface area contributed by atoms with Gasteiger partial charge in [0.15, 0.2) is 11.5 Å². The number of para-hydroxylation sites is 2. The number of rotatable bonds is 7. The number of nitrogens with zero attached hydrogens (tertiary/aromatic N) is 3. The van der Waals surface area contributed by atoms with Gasteiger partial charge in [-0.1, -0.05) is 37.3 Å². The van der Waals surface area contributed by atoms with E-state index < -0.39 is 0 Å². The van der Waals surface area contributed by atoms with E-state index in [2.05, 4.69) is 45.4 Å². The van der Waals surface area contributed by atoms with Crippen molar-refractivity contribution in [3.05, 3.63) is 77.6 Å². The largest absolute Gasteiger partial charge is 0.493 e. The van der Waals surface area contributed by atoms with Crippen molar-refractivity contribution in [3.8, 4) is 11.5 Å². The SMILES string of the molecule is CCc1ccccc1Nc1ncnc2cc(OC)c(OCc3nc4ccccc4s3)cc12. The number of ether oxygens (including phenoxy) is 2. The Labute approximate surface area is 189 Å². The third-order valence-corrected chi connectivity index (χ3v) is 6.27. The van der Waals surface area contributed by atoms with Crippen LogP contribution in [0.2, 0.25) is 0 Å². The van der Waals surface area contributed by atoms with Crippen LogP contribution in [0.25, 0.3) is 21.1 Å². The maximum absolute atomic E-state index is 6.14.